The van der Waals surface area contributed by atoms with Crippen LogP contribution in [0.3, 0.4) is 0 Å². The number of esters is 1. The van der Waals surface area contributed by atoms with E-state index in [0.29, 0.717) is 22.1 Å². The fourth-order valence-corrected chi connectivity index (χ4v) is 3.25. The SMILES string of the molecule is COC(=O)C1CSC(C(=O)c2c[nH]c3ccc(OC)cc23)=N1. The van der Waals surface area contributed by atoms with Crippen LogP contribution in [0.4, 0.5) is 0 Å². The van der Waals surface area contributed by atoms with E-state index in [1.165, 1.54) is 18.9 Å². The Labute approximate surface area is 130 Å². The molecule has 0 radical (unpaired) electrons. The zero-order valence-corrected chi connectivity index (χ0v) is 12.9. The fourth-order valence-electron chi connectivity index (χ4n) is 2.28. The largest absolute Gasteiger partial charge is 0.497 e. The highest BCUT2D eigenvalue weighted by atomic mass is 32.2. The van der Waals surface area contributed by atoms with Crippen molar-refractivity contribution in [3.8, 4) is 5.75 Å². The molecule has 1 N–H and O–H groups in total. The lowest BCUT2D eigenvalue weighted by molar-refractivity contribution is -0.141. The number of rotatable bonds is 4. The maximum Gasteiger partial charge on any atom is 0.331 e. The quantitative estimate of drug-likeness (QED) is 0.689. The highest BCUT2D eigenvalue weighted by molar-refractivity contribution is 8.16. The summed E-state index contributed by atoms with van der Waals surface area (Å²) >= 11 is 1.27. The molecule has 1 aromatic heterocycles. The molecule has 0 aliphatic carbocycles. The molecule has 1 unspecified atom stereocenters. The second-order valence-electron chi connectivity index (χ2n) is 4.73. The van der Waals surface area contributed by atoms with Crippen LogP contribution in [0.25, 0.3) is 10.9 Å². The Morgan fingerprint density at radius 1 is 1.36 bits per heavy atom. The van der Waals surface area contributed by atoms with Gasteiger partial charge in [0.05, 0.1) is 19.8 Å². The first-order chi connectivity index (χ1) is 10.6. The summed E-state index contributed by atoms with van der Waals surface area (Å²) in [7, 11) is 2.89. The number of nitrogens with zero attached hydrogens (tertiary/aromatic N) is 1. The summed E-state index contributed by atoms with van der Waals surface area (Å²) in [6.45, 7) is 0. The van der Waals surface area contributed by atoms with Crippen molar-refractivity contribution in [2.45, 2.75) is 6.04 Å². The van der Waals surface area contributed by atoms with Crippen molar-refractivity contribution in [1.29, 1.82) is 0 Å². The van der Waals surface area contributed by atoms with Crippen LogP contribution >= 0.6 is 11.8 Å². The predicted molar refractivity (Wildman–Crippen MR) is 84.9 cm³/mol. The normalized spacial score (nSPS) is 17.4. The molecule has 0 amide bonds. The third-order valence-electron chi connectivity index (χ3n) is 3.45. The number of hydrogen-bond acceptors (Lipinski definition) is 6. The second kappa shape index (κ2) is 5.84. The summed E-state index contributed by atoms with van der Waals surface area (Å²) in [5.74, 6) is 0.487. The Hall–Kier alpha value is -2.28. The van der Waals surface area contributed by atoms with Gasteiger partial charge in [0.25, 0.3) is 0 Å². The van der Waals surface area contributed by atoms with Crippen LogP contribution in [0.5, 0.6) is 5.75 Å². The number of ketones is 1. The summed E-state index contributed by atoms with van der Waals surface area (Å²) in [6, 6.07) is 4.87. The molecule has 7 heteroatoms. The smallest absolute Gasteiger partial charge is 0.331 e. The molecule has 1 aliphatic heterocycles. The van der Waals surface area contributed by atoms with Crippen molar-refractivity contribution in [3.05, 3.63) is 30.0 Å². The molecule has 114 valence electrons. The topological polar surface area (TPSA) is 80.8 Å². The number of Topliss-reactive ketones (excluding diaryl/α,β-unsaturated/α-hetero) is 1. The van der Waals surface area contributed by atoms with Gasteiger partial charge in [-0.2, -0.15) is 0 Å². The number of H-pyrrole nitrogens is 1. The van der Waals surface area contributed by atoms with Crippen molar-refractivity contribution in [3.63, 3.8) is 0 Å². The van der Waals surface area contributed by atoms with Crippen molar-refractivity contribution >= 4 is 39.5 Å². The van der Waals surface area contributed by atoms with Crippen LogP contribution in [-0.2, 0) is 9.53 Å². The minimum absolute atomic E-state index is 0.198. The van der Waals surface area contributed by atoms with E-state index in [-0.39, 0.29) is 5.78 Å². The Kier molecular flexibility index (Phi) is 3.89. The molecule has 2 aromatic rings. The number of methoxy groups -OCH3 is 2. The lowest BCUT2D eigenvalue weighted by Gasteiger charge is -2.01. The van der Waals surface area contributed by atoms with Crippen LogP contribution in [0.2, 0.25) is 0 Å². The first-order valence-electron chi connectivity index (χ1n) is 6.62. The van der Waals surface area contributed by atoms with Gasteiger partial charge in [-0.15, -0.1) is 11.8 Å². The van der Waals surface area contributed by atoms with Gasteiger partial charge in [-0.1, -0.05) is 0 Å². The van der Waals surface area contributed by atoms with Crippen LogP contribution in [0.15, 0.2) is 29.4 Å². The highest BCUT2D eigenvalue weighted by Crippen LogP contribution is 2.27. The lowest BCUT2D eigenvalue weighted by Crippen LogP contribution is -2.20. The van der Waals surface area contributed by atoms with E-state index >= 15 is 0 Å². The first kappa shape index (κ1) is 14.6. The standard InChI is InChI=1S/C15H14N2O4S/c1-20-8-3-4-11-9(5-8)10(6-16-11)13(18)14-17-12(7-22-14)15(19)21-2/h3-6,12,16H,7H2,1-2H3. The number of fused-ring (bicyclic) bond motifs is 1. The average molecular weight is 318 g/mol. The summed E-state index contributed by atoms with van der Waals surface area (Å²) < 4.78 is 9.85. The summed E-state index contributed by atoms with van der Waals surface area (Å²) in [5, 5.41) is 1.10. The number of thioether (sulfide) groups is 1. The number of aliphatic imine (C=N–C) groups is 1. The van der Waals surface area contributed by atoms with Crippen LogP contribution < -0.4 is 4.74 Å². The van der Waals surface area contributed by atoms with Crippen molar-refractivity contribution in [2.75, 3.05) is 20.0 Å². The molecule has 0 saturated carbocycles. The first-order valence-corrected chi connectivity index (χ1v) is 7.61. The van der Waals surface area contributed by atoms with Gasteiger partial charge < -0.3 is 14.5 Å². The Bertz CT molecular complexity index is 781. The maximum absolute atomic E-state index is 12.6. The number of ether oxygens (including phenoxy) is 2. The number of aromatic nitrogens is 1. The maximum atomic E-state index is 12.6. The molecule has 1 aliphatic rings. The van der Waals surface area contributed by atoms with E-state index < -0.39 is 12.0 Å². The van der Waals surface area contributed by atoms with Gasteiger partial charge in [0.2, 0.25) is 5.78 Å². The molecule has 0 bridgehead atoms. The van der Waals surface area contributed by atoms with Crippen molar-refractivity contribution < 1.29 is 19.1 Å². The molecule has 3 rings (SSSR count). The van der Waals surface area contributed by atoms with Crippen molar-refractivity contribution in [1.82, 2.24) is 4.98 Å². The molecule has 6 nitrogen and oxygen atoms in total. The van der Waals surface area contributed by atoms with Crippen LogP contribution in [0, 0.1) is 0 Å². The Morgan fingerprint density at radius 3 is 2.91 bits per heavy atom. The summed E-state index contributed by atoms with van der Waals surface area (Å²) in [5.41, 5.74) is 1.36. The van der Waals surface area contributed by atoms with Gasteiger partial charge in [-0.3, -0.25) is 9.79 Å². The average Bonchev–Trinajstić information content (AvgIpc) is 3.19. The fraction of sp³-hybridized carbons (Fsp3) is 0.267. The molecule has 0 saturated heterocycles. The third kappa shape index (κ3) is 2.48. The zero-order valence-electron chi connectivity index (χ0n) is 12.1. The van der Waals surface area contributed by atoms with Crippen LogP contribution in [0.1, 0.15) is 10.4 Å². The lowest BCUT2D eigenvalue weighted by atomic mass is 10.1. The van der Waals surface area contributed by atoms with E-state index in [2.05, 4.69) is 14.7 Å². The number of hydrogen-bond donors (Lipinski definition) is 1. The van der Waals surface area contributed by atoms with Crippen molar-refractivity contribution in [2.24, 2.45) is 4.99 Å². The molecular weight excluding hydrogens is 304 g/mol. The molecule has 1 atom stereocenters. The minimum Gasteiger partial charge on any atom is -0.497 e. The predicted octanol–water partition coefficient (Wildman–Crippen LogP) is 2.05. The van der Waals surface area contributed by atoms with Gasteiger partial charge in [0.1, 0.15) is 10.8 Å². The van der Waals surface area contributed by atoms with E-state index in [9.17, 15) is 9.59 Å². The number of carbonyl (C=O) groups is 2. The Balaban J connectivity index is 1.94. The van der Waals surface area contributed by atoms with E-state index in [0.717, 1.165) is 10.9 Å². The molecular formula is C15H14N2O4S. The zero-order chi connectivity index (χ0) is 15.7. The third-order valence-corrected chi connectivity index (χ3v) is 4.50. The van der Waals surface area contributed by atoms with E-state index in [1.54, 1.807) is 19.4 Å². The molecule has 22 heavy (non-hydrogen) atoms. The van der Waals surface area contributed by atoms with Gasteiger partial charge in [-0.05, 0) is 18.2 Å². The summed E-state index contributed by atoms with van der Waals surface area (Å²) in [4.78, 5) is 31.3. The van der Waals surface area contributed by atoms with Gasteiger partial charge in [-0.25, -0.2) is 4.79 Å². The van der Waals surface area contributed by atoms with E-state index in [1.807, 2.05) is 12.1 Å². The van der Waals surface area contributed by atoms with Crippen LogP contribution in [-0.4, -0.2) is 47.8 Å². The molecule has 2 heterocycles. The van der Waals surface area contributed by atoms with Gasteiger partial charge in [0.15, 0.2) is 6.04 Å². The molecule has 1 aromatic carbocycles. The summed E-state index contributed by atoms with van der Waals surface area (Å²) in [6.07, 6.45) is 1.65. The highest BCUT2D eigenvalue weighted by Gasteiger charge is 2.30. The second-order valence-corrected chi connectivity index (χ2v) is 5.74. The van der Waals surface area contributed by atoms with Gasteiger partial charge >= 0.3 is 5.97 Å². The molecule has 0 fully saturated rings. The number of aromatic amines is 1. The molecule has 0 spiro atoms. The minimum atomic E-state index is -0.603. The van der Waals surface area contributed by atoms with E-state index in [4.69, 9.17) is 4.74 Å². The number of carbonyl (C=O) groups excluding carboxylic acids is 2. The number of benzene rings is 1. The Morgan fingerprint density at radius 2 is 2.18 bits per heavy atom. The number of nitrogens with one attached hydrogen (secondary N) is 1. The monoisotopic (exact) mass is 318 g/mol. The van der Waals surface area contributed by atoms with Gasteiger partial charge in [0, 0.05) is 22.9 Å².